The van der Waals surface area contributed by atoms with E-state index in [1.54, 1.807) is 11.3 Å². The summed E-state index contributed by atoms with van der Waals surface area (Å²) < 4.78 is 4.80. The molecule has 0 aromatic carbocycles. The Balaban J connectivity index is 1.38. The molecule has 0 radical (unpaired) electrons. The number of hydrogen-bond donors (Lipinski definition) is 0. The third-order valence-corrected chi connectivity index (χ3v) is 6.08. The fraction of sp³-hybridized carbons (Fsp3) is 0.722. The number of carbonyl (C=O) groups is 2. The maximum absolute atomic E-state index is 12.5. The SMILES string of the molecule is COC(=O)C1CCN(C(=O)CN2CCN(Cc3csc(C)n3)CC2)CC1. The number of piperidine rings is 1. The molecular formula is C18H28N4O3S. The zero-order valence-electron chi connectivity index (χ0n) is 15.6. The second kappa shape index (κ2) is 8.92. The fourth-order valence-electron chi connectivity index (χ4n) is 3.64. The van der Waals surface area contributed by atoms with Crippen molar-refractivity contribution in [2.75, 3.05) is 52.9 Å². The van der Waals surface area contributed by atoms with Gasteiger partial charge in [0.15, 0.2) is 0 Å². The van der Waals surface area contributed by atoms with Gasteiger partial charge in [-0.3, -0.25) is 19.4 Å². The molecule has 2 fully saturated rings. The minimum Gasteiger partial charge on any atom is -0.469 e. The van der Waals surface area contributed by atoms with Crippen LogP contribution in [0.5, 0.6) is 0 Å². The van der Waals surface area contributed by atoms with E-state index >= 15 is 0 Å². The van der Waals surface area contributed by atoms with E-state index in [2.05, 4.69) is 20.2 Å². The molecule has 2 aliphatic rings. The normalized spacial score (nSPS) is 20.3. The van der Waals surface area contributed by atoms with Crippen molar-refractivity contribution in [2.45, 2.75) is 26.3 Å². The van der Waals surface area contributed by atoms with Crippen molar-refractivity contribution < 1.29 is 14.3 Å². The van der Waals surface area contributed by atoms with Crippen molar-refractivity contribution >= 4 is 23.2 Å². The van der Waals surface area contributed by atoms with Crippen molar-refractivity contribution in [1.29, 1.82) is 0 Å². The highest BCUT2D eigenvalue weighted by atomic mass is 32.1. The average Bonchev–Trinajstić information content (AvgIpc) is 3.07. The van der Waals surface area contributed by atoms with Crippen molar-refractivity contribution in [3.63, 3.8) is 0 Å². The zero-order chi connectivity index (χ0) is 18.5. The molecule has 0 unspecified atom stereocenters. The Bertz CT molecular complexity index is 620. The number of rotatable bonds is 5. The molecule has 0 bridgehead atoms. The Labute approximate surface area is 158 Å². The summed E-state index contributed by atoms with van der Waals surface area (Å²) in [5.41, 5.74) is 1.14. The second-order valence-corrected chi connectivity index (χ2v) is 8.15. The number of amides is 1. The van der Waals surface area contributed by atoms with Gasteiger partial charge < -0.3 is 9.64 Å². The van der Waals surface area contributed by atoms with Crippen LogP contribution >= 0.6 is 11.3 Å². The topological polar surface area (TPSA) is 66.0 Å². The van der Waals surface area contributed by atoms with E-state index in [-0.39, 0.29) is 17.8 Å². The number of thiazole rings is 1. The Kier molecular flexibility index (Phi) is 6.61. The van der Waals surface area contributed by atoms with Crippen molar-refractivity contribution in [3.8, 4) is 0 Å². The summed E-state index contributed by atoms with van der Waals surface area (Å²) in [5.74, 6) is -0.0256. The van der Waals surface area contributed by atoms with E-state index in [1.165, 1.54) is 7.11 Å². The van der Waals surface area contributed by atoms with Crippen molar-refractivity contribution in [3.05, 3.63) is 16.1 Å². The van der Waals surface area contributed by atoms with Crippen molar-refractivity contribution in [2.24, 2.45) is 5.92 Å². The highest BCUT2D eigenvalue weighted by molar-refractivity contribution is 7.09. The number of methoxy groups -OCH3 is 1. The molecule has 0 saturated carbocycles. The summed E-state index contributed by atoms with van der Waals surface area (Å²) in [5, 5.41) is 3.24. The first kappa shape index (κ1) is 19.3. The molecule has 3 rings (SSSR count). The zero-order valence-corrected chi connectivity index (χ0v) is 16.5. The van der Waals surface area contributed by atoms with Gasteiger partial charge in [-0.1, -0.05) is 0 Å². The third-order valence-electron chi connectivity index (χ3n) is 5.26. The molecule has 1 amide bonds. The van der Waals surface area contributed by atoms with Crippen LogP contribution in [0.25, 0.3) is 0 Å². The minimum atomic E-state index is -0.150. The summed E-state index contributed by atoms with van der Waals surface area (Å²) >= 11 is 1.69. The molecule has 0 atom stereocenters. The highest BCUT2D eigenvalue weighted by Crippen LogP contribution is 2.19. The number of carbonyl (C=O) groups excluding carboxylic acids is 2. The molecule has 1 aromatic heterocycles. The van der Waals surface area contributed by atoms with E-state index in [4.69, 9.17) is 4.74 Å². The Hall–Kier alpha value is -1.51. The number of piperazine rings is 1. The van der Waals surface area contributed by atoms with E-state index < -0.39 is 0 Å². The molecule has 0 aliphatic carbocycles. The summed E-state index contributed by atoms with van der Waals surface area (Å²) in [4.78, 5) is 35.2. The molecule has 2 saturated heterocycles. The van der Waals surface area contributed by atoms with E-state index in [9.17, 15) is 9.59 Å². The van der Waals surface area contributed by atoms with Crippen LogP contribution in [0.1, 0.15) is 23.5 Å². The van der Waals surface area contributed by atoms with Gasteiger partial charge in [-0.2, -0.15) is 0 Å². The number of likely N-dealkylation sites (tertiary alicyclic amines) is 1. The van der Waals surface area contributed by atoms with Crippen LogP contribution in [-0.4, -0.2) is 84.5 Å². The number of hydrogen-bond acceptors (Lipinski definition) is 7. The molecular weight excluding hydrogens is 352 g/mol. The van der Waals surface area contributed by atoms with Gasteiger partial charge in [0.2, 0.25) is 5.91 Å². The van der Waals surface area contributed by atoms with Gasteiger partial charge >= 0.3 is 5.97 Å². The molecule has 7 nitrogen and oxygen atoms in total. The maximum Gasteiger partial charge on any atom is 0.308 e. The first-order chi connectivity index (χ1) is 12.5. The number of nitrogens with zero attached hydrogens (tertiary/aromatic N) is 4. The Morgan fingerprint density at radius 3 is 2.38 bits per heavy atom. The van der Waals surface area contributed by atoms with Gasteiger partial charge in [0, 0.05) is 51.2 Å². The number of esters is 1. The molecule has 26 heavy (non-hydrogen) atoms. The summed E-state index contributed by atoms with van der Waals surface area (Å²) in [7, 11) is 1.43. The second-order valence-electron chi connectivity index (χ2n) is 7.09. The van der Waals surface area contributed by atoms with Crippen LogP contribution in [0.4, 0.5) is 0 Å². The van der Waals surface area contributed by atoms with Crippen LogP contribution in [0, 0.1) is 12.8 Å². The van der Waals surface area contributed by atoms with Crippen LogP contribution in [0.3, 0.4) is 0 Å². The van der Waals surface area contributed by atoms with E-state index in [1.807, 2.05) is 11.8 Å². The van der Waals surface area contributed by atoms with Gasteiger partial charge in [-0.15, -0.1) is 11.3 Å². The summed E-state index contributed by atoms with van der Waals surface area (Å²) in [6.45, 7) is 8.47. The molecule has 3 heterocycles. The molecule has 1 aromatic rings. The van der Waals surface area contributed by atoms with Crippen LogP contribution < -0.4 is 0 Å². The van der Waals surface area contributed by atoms with Gasteiger partial charge in [0.25, 0.3) is 0 Å². The molecule has 0 N–H and O–H groups in total. The molecule has 144 valence electrons. The quantitative estimate of drug-likeness (QED) is 0.710. The lowest BCUT2D eigenvalue weighted by Crippen LogP contribution is -2.51. The maximum atomic E-state index is 12.5. The van der Waals surface area contributed by atoms with Crippen LogP contribution in [-0.2, 0) is 20.9 Å². The average molecular weight is 381 g/mol. The van der Waals surface area contributed by atoms with Crippen molar-refractivity contribution in [1.82, 2.24) is 19.7 Å². The lowest BCUT2D eigenvalue weighted by atomic mass is 9.97. The molecule has 2 aliphatic heterocycles. The van der Waals surface area contributed by atoms with Gasteiger partial charge in [-0.05, 0) is 19.8 Å². The van der Waals surface area contributed by atoms with Gasteiger partial charge in [-0.25, -0.2) is 4.98 Å². The van der Waals surface area contributed by atoms with E-state index in [0.717, 1.165) is 43.4 Å². The Morgan fingerprint density at radius 2 is 1.81 bits per heavy atom. The predicted molar refractivity (Wildman–Crippen MR) is 99.9 cm³/mol. The third kappa shape index (κ3) is 5.02. The monoisotopic (exact) mass is 380 g/mol. The molecule has 0 spiro atoms. The summed E-state index contributed by atoms with van der Waals surface area (Å²) in [6, 6.07) is 0. The fourth-order valence-corrected chi connectivity index (χ4v) is 4.24. The standard InChI is InChI=1S/C18H28N4O3S/c1-14-19-16(13-26-14)11-20-7-9-21(10-8-20)12-17(23)22-5-3-15(4-6-22)18(24)25-2/h13,15H,3-12H2,1-2H3. The predicted octanol–water partition coefficient (Wildman–Crippen LogP) is 0.981. The summed E-state index contributed by atoms with van der Waals surface area (Å²) in [6.07, 6.45) is 1.42. The first-order valence-electron chi connectivity index (χ1n) is 9.26. The minimum absolute atomic E-state index is 0.0538. The van der Waals surface area contributed by atoms with Crippen LogP contribution in [0.15, 0.2) is 5.38 Å². The molecule has 8 heteroatoms. The van der Waals surface area contributed by atoms with E-state index in [0.29, 0.717) is 32.5 Å². The number of aryl methyl sites for hydroxylation is 1. The lowest BCUT2D eigenvalue weighted by Gasteiger charge is -2.36. The first-order valence-corrected chi connectivity index (χ1v) is 10.1. The number of ether oxygens (including phenoxy) is 1. The van der Waals surface area contributed by atoms with Crippen LogP contribution in [0.2, 0.25) is 0 Å². The highest BCUT2D eigenvalue weighted by Gasteiger charge is 2.29. The Morgan fingerprint density at radius 1 is 1.15 bits per heavy atom. The van der Waals surface area contributed by atoms with Gasteiger partial charge in [0.1, 0.15) is 0 Å². The van der Waals surface area contributed by atoms with Gasteiger partial charge in [0.05, 0.1) is 30.3 Å². The largest absolute Gasteiger partial charge is 0.469 e. The lowest BCUT2D eigenvalue weighted by molar-refractivity contribution is -0.149. The number of aromatic nitrogens is 1. The smallest absolute Gasteiger partial charge is 0.308 e.